The Morgan fingerprint density at radius 3 is 2.76 bits per heavy atom. The number of alkyl halides is 3. The third-order valence-electron chi connectivity index (χ3n) is 4.14. The Labute approximate surface area is 204 Å². The van der Waals surface area contributed by atoms with Crippen LogP contribution in [0.25, 0.3) is 0 Å². The molecule has 2 rings (SSSR count). The number of ether oxygens (including phenoxy) is 2. The summed E-state index contributed by atoms with van der Waals surface area (Å²) in [4.78, 5) is 17.2. The Morgan fingerprint density at radius 2 is 2.09 bits per heavy atom. The van der Waals surface area contributed by atoms with Crippen molar-refractivity contribution in [2.75, 3.05) is 23.7 Å². The lowest BCUT2D eigenvalue weighted by Gasteiger charge is -2.19. The number of anilines is 1. The molecule has 184 valence electrons. The van der Waals surface area contributed by atoms with E-state index in [0.29, 0.717) is 35.1 Å². The summed E-state index contributed by atoms with van der Waals surface area (Å²) in [5.74, 6) is 0.987. The van der Waals surface area contributed by atoms with Crippen molar-refractivity contribution in [3.8, 4) is 5.88 Å². The zero-order valence-corrected chi connectivity index (χ0v) is 20.9. The maximum absolute atomic E-state index is 12.2. The first-order valence-electron chi connectivity index (χ1n) is 9.62. The van der Waals surface area contributed by atoms with E-state index in [-0.39, 0.29) is 34.2 Å². The second-order valence-electron chi connectivity index (χ2n) is 6.72. The van der Waals surface area contributed by atoms with E-state index in [0.717, 1.165) is 6.08 Å². The van der Waals surface area contributed by atoms with Crippen molar-refractivity contribution in [3.05, 3.63) is 54.7 Å². The summed E-state index contributed by atoms with van der Waals surface area (Å²) in [6.45, 7) is 10.7. The van der Waals surface area contributed by atoms with Gasteiger partial charge in [0.25, 0.3) is 0 Å². The molecule has 1 amide bonds. The fourth-order valence-electron chi connectivity index (χ4n) is 2.33. The normalized spacial score (nSPS) is 13.6. The van der Waals surface area contributed by atoms with Crippen LogP contribution in [0.4, 0.5) is 19.0 Å². The number of allylic oxidation sites excluding steroid dienone is 4. The third kappa shape index (κ3) is 8.57. The van der Waals surface area contributed by atoms with Crippen LogP contribution in [0.3, 0.4) is 0 Å². The maximum atomic E-state index is 12.2. The van der Waals surface area contributed by atoms with E-state index in [1.54, 1.807) is 36.7 Å². The predicted octanol–water partition coefficient (Wildman–Crippen LogP) is 2.85. The highest BCUT2D eigenvalue weighted by Gasteiger charge is 2.30. The molecule has 0 radical (unpaired) electrons. The van der Waals surface area contributed by atoms with Gasteiger partial charge in [-0.25, -0.2) is 8.54 Å². The summed E-state index contributed by atoms with van der Waals surface area (Å²) < 4.78 is 52.7. The van der Waals surface area contributed by atoms with Crippen molar-refractivity contribution in [1.82, 2.24) is 20.0 Å². The molecule has 0 saturated carbocycles. The van der Waals surface area contributed by atoms with Gasteiger partial charge < -0.3 is 14.4 Å². The monoisotopic (exact) mass is 594 g/mol. The van der Waals surface area contributed by atoms with Gasteiger partial charge >= 0.3 is 18.1 Å². The number of carbonyl (C=O) groups excluding carboxylic acids is 1. The Kier molecular flexibility index (Phi) is 9.70. The molecule has 0 aliphatic carbocycles. The largest absolute Gasteiger partial charge is 0.573 e. The molecule has 0 fully saturated rings. The minimum absolute atomic E-state index is 0.156. The molecule has 0 spiro atoms. The molecule has 2 heterocycles. The quantitative estimate of drug-likeness (QED) is 0.0485. The molecular formula is C20H24F3IN7O3+. The molecule has 34 heavy (non-hydrogen) atoms. The molecule has 0 unspecified atom stereocenters. The minimum Gasteiger partial charge on any atom is -0.470 e. The molecule has 1 N–H and O–H groups in total. The highest BCUT2D eigenvalue weighted by Crippen LogP contribution is 2.22. The summed E-state index contributed by atoms with van der Waals surface area (Å²) >= 11 is -0.340. The first kappa shape index (κ1) is 26.9. The van der Waals surface area contributed by atoms with Gasteiger partial charge in [0, 0.05) is 13.2 Å². The van der Waals surface area contributed by atoms with Crippen molar-refractivity contribution in [2.45, 2.75) is 20.2 Å². The molecule has 0 aromatic carbocycles. The number of amides is 1. The summed E-state index contributed by atoms with van der Waals surface area (Å²) in [5.41, 5.74) is 1.09. The Morgan fingerprint density at radius 1 is 1.35 bits per heavy atom. The summed E-state index contributed by atoms with van der Waals surface area (Å²) in [6.07, 6.45) is 1.25. The van der Waals surface area contributed by atoms with E-state index in [1.807, 2.05) is 4.14 Å². The topological polar surface area (TPSA) is 96.1 Å². The number of nitrogens with zero attached hydrogens (tertiary/aromatic N) is 6. The minimum atomic E-state index is -4.80. The Hall–Kier alpha value is -3.30. The second-order valence-corrected chi connectivity index (χ2v) is 8.44. The zero-order valence-electron chi connectivity index (χ0n) is 18.7. The van der Waals surface area contributed by atoms with Gasteiger partial charge in [0.2, 0.25) is 6.41 Å². The summed E-state index contributed by atoms with van der Waals surface area (Å²) in [5, 5.41) is 9.51. The molecule has 0 saturated heterocycles. The van der Waals surface area contributed by atoms with Crippen molar-refractivity contribution < 1.29 is 32.1 Å². The van der Waals surface area contributed by atoms with Gasteiger partial charge in [-0.15, -0.1) is 13.2 Å². The van der Waals surface area contributed by atoms with Gasteiger partial charge in [-0.05, 0) is 31.1 Å². The van der Waals surface area contributed by atoms with Gasteiger partial charge in [0.15, 0.2) is 31.5 Å². The van der Waals surface area contributed by atoms with Crippen LogP contribution in [-0.2, 0) is 9.53 Å². The lowest BCUT2D eigenvalue weighted by atomic mass is 10.1. The van der Waals surface area contributed by atoms with Crippen LogP contribution in [-0.4, -0.2) is 62.9 Å². The smallest absolute Gasteiger partial charge is 0.470 e. The van der Waals surface area contributed by atoms with Gasteiger partial charge in [0.1, 0.15) is 18.2 Å². The highest BCUT2D eigenvalue weighted by atomic mass is 127. The number of nitrogens with one attached hydrogen (secondary N) is 1. The van der Waals surface area contributed by atoms with Crippen LogP contribution < -0.4 is 12.9 Å². The molecule has 1 aromatic heterocycles. The fourth-order valence-corrected chi connectivity index (χ4v) is 3.93. The van der Waals surface area contributed by atoms with Crippen LogP contribution >= 0.6 is 21.0 Å². The van der Waals surface area contributed by atoms with Crippen LogP contribution in [0.5, 0.6) is 5.88 Å². The van der Waals surface area contributed by atoms with Gasteiger partial charge in [-0.1, -0.05) is 29.0 Å². The molecular weight excluding hydrogens is 570 g/mol. The second kappa shape index (κ2) is 12.2. The average molecular weight is 594 g/mol. The van der Waals surface area contributed by atoms with Crippen molar-refractivity contribution >= 4 is 43.2 Å². The Balaban J connectivity index is 1.91. The van der Waals surface area contributed by atoms with E-state index >= 15 is 0 Å². The van der Waals surface area contributed by atoms with Crippen LogP contribution in [0.1, 0.15) is 13.8 Å². The molecule has 0 bridgehead atoms. The molecule has 14 heteroatoms. The van der Waals surface area contributed by atoms with Crippen LogP contribution in [0, 0.1) is 0 Å². The number of hydrogen-bond acceptors (Lipinski definition) is 7. The number of hydrazone groups is 1. The molecule has 1 aromatic rings. The number of halogens is 4. The number of aromatic nitrogens is 3. The van der Waals surface area contributed by atoms with Crippen LogP contribution in [0.2, 0.25) is 0 Å². The lowest BCUT2D eigenvalue weighted by Crippen LogP contribution is -2.36. The van der Waals surface area contributed by atoms with Crippen molar-refractivity contribution in [3.63, 3.8) is 0 Å². The SMILES string of the molecule is C=C(/C=C\C(=C)/C(C)=C/N(C)/C(C)=N\N(C=O)CCOc1ncn[n+]2c1NI=C2)OC(F)(F)F. The molecule has 0 atom stereocenters. The van der Waals surface area contributed by atoms with Gasteiger partial charge in [-0.2, -0.15) is 10.1 Å². The van der Waals surface area contributed by atoms with E-state index in [1.165, 1.54) is 17.4 Å². The van der Waals surface area contributed by atoms with Crippen molar-refractivity contribution in [2.24, 2.45) is 5.10 Å². The first-order chi connectivity index (χ1) is 16.0. The molecule has 1 aliphatic rings. The molecule has 1 aliphatic heterocycles. The number of fused-ring (bicyclic) bond motifs is 1. The zero-order chi connectivity index (χ0) is 25.3. The predicted molar refractivity (Wildman–Crippen MR) is 129 cm³/mol. The highest BCUT2D eigenvalue weighted by molar-refractivity contribution is 14.2. The van der Waals surface area contributed by atoms with E-state index < -0.39 is 12.1 Å². The van der Waals surface area contributed by atoms with E-state index in [2.05, 4.69) is 36.6 Å². The van der Waals surface area contributed by atoms with E-state index in [9.17, 15) is 18.0 Å². The number of hydrogen-bond donors (Lipinski definition) is 1. The van der Waals surface area contributed by atoms with Crippen LogP contribution in [0.15, 0.2) is 59.8 Å². The number of amidine groups is 1. The standard InChI is InChI=1S/C20H23F3IN7O3/c1-14(6-7-16(3)34-20(21,22)23)15(2)10-29(5)17(4)28-30(13-32)8-9-33-19-18-27-24-11-31(18)26-12-25-19/h6-7,10-13H,1,3,8-9H2,2,4-5H3/p+1/b7-6-,15-10+,28-17-. The maximum Gasteiger partial charge on any atom is 0.573 e. The Bertz CT molecular complexity index is 1050. The van der Waals surface area contributed by atoms with Gasteiger partial charge in [-0.3, -0.25) is 4.79 Å². The van der Waals surface area contributed by atoms with E-state index in [4.69, 9.17) is 4.74 Å². The number of rotatable bonds is 11. The summed E-state index contributed by atoms with van der Waals surface area (Å²) in [7, 11) is 1.71. The molecule has 10 nitrogen and oxygen atoms in total. The fraction of sp³-hybridized carbons (Fsp3) is 0.300. The van der Waals surface area contributed by atoms with Crippen molar-refractivity contribution in [1.29, 1.82) is 0 Å². The lowest BCUT2D eigenvalue weighted by molar-refractivity contribution is -0.594. The number of carbonyl (C=O) groups is 1. The summed E-state index contributed by atoms with van der Waals surface area (Å²) in [6, 6.07) is 0. The van der Waals surface area contributed by atoms with Gasteiger partial charge in [0.05, 0.1) is 6.54 Å². The average Bonchev–Trinajstić information content (AvgIpc) is 3.25. The first-order valence-corrected chi connectivity index (χ1v) is 11.9. The third-order valence-corrected chi connectivity index (χ3v) is 5.77.